The monoisotopic (exact) mass is 317 g/mol. The summed E-state index contributed by atoms with van der Waals surface area (Å²) in [5.41, 5.74) is 4.09. The van der Waals surface area contributed by atoms with Gasteiger partial charge in [-0.05, 0) is 45.9 Å². The van der Waals surface area contributed by atoms with E-state index in [0.717, 1.165) is 27.5 Å². The highest BCUT2D eigenvalue weighted by Gasteiger charge is 2.20. The first kappa shape index (κ1) is 16.6. The fourth-order valence-corrected chi connectivity index (χ4v) is 2.92. The minimum absolute atomic E-state index is 0.00634. The number of para-hydroxylation sites is 1. The first-order valence-electron chi connectivity index (χ1n) is 7.37. The van der Waals surface area contributed by atoms with Crippen molar-refractivity contribution in [2.75, 3.05) is 12.4 Å². The normalized spacial score (nSPS) is 12.5. The maximum absolute atomic E-state index is 12.5. The van der Waals surface area contributed by atoms with E-state index in [2.05, 4.69) is 10.3 Å². The molecular weight excluding hydrogens is 294 g/mol. The average molecular weight is 317 g/mol. The number of likely N-dealkylation sites (N-methyl/N-ethyl adjacent to an activating group) is 1. The quantitative estimate of drug-likeness (QED) is 0.917. The lowest BCUT2D eigenvalue weighted by Gasteiger charge is -2.24. The molecule has 4 nitrogen and oxygen atoms in total. The van der Waals surface area contributed by atoms with E-state index < -0.39 is 0 Å². The fraction of sp³-hybridized carbons (Fsp3) is 0.412. The van der Waals surface area contributed by atoms with Crippen LogP contribution in [0.15, 0.2) is 23.6 Å². The molecule has 0 saturated heterocycles. The van der Waals surface area contributed by atoms with Gasteiger partial charge in [0.05, 0.1) is 16.7 Å². The van der Waals surface area contributed by atoms with E-state index in [1.807, 2.05) is 63.2 Å². The molecule has 1 unspecified atom stereocenters. The molecule has 118 valence electrons. The van der Waals surface area contributed by atoms with Crippen LogP contribution in [0.1, 0.15) is 28.8 Å². The molecule has 1 N–H and O–H groups in total. The van der Waals surface area contributed by atoms with Crippen molar-refractivity contribution in [3.05, 3.63) is 45.4 Å². The van der Waals surface area contributed by atoms with Gasteiger partial charge in [-0.15, -0.1) is 11.3 Å². The van der Waals surface area contributed by atoms with E-state index in [-0.39, 0.29) is 11.9 Å². The van der Waals surface area contributed by atoms with Crippen molar-refractivity contribution in [1.29, 1.82) is 0 Å². The van der Waals surface area contributed by atoms with E-state index in [0.29, 0.717) is 6.54 Å². The number of carbonyl (C=O) groups is 1. The fourth-order valence-electron chi connectivity index (χ4n) is 2.31. The molecule has 2 rings (SSSR count). The smallest absolute Gasteiger partial charge is 0.241 e. The molecule has 0 fully saturated rings. The van der Waals surface area contributed by atoms with Crippen LogP contribution in [-0.2, 0) is 11.3 Å². The van der Waals surface area contributed by atoms with Crippen molar-refractivity contribution >= 4 is 22.9 Å². The summed E-state index contributed by atoms with van der Waals surface area (Å²) < 4.78 is 0. The van der Waals surface area contributed by atoms with Crippen molar-refractivity contribution in [2.45, 2.75) is 40.3 Å². The topological polar surface area (TPSA) is 45.2 Å². The largest absolute Gasteiger partial charge is 0.324 e. The van der Waals surface area contributed by atoms with Crippen LogP contribution in [0.3, 0.4) is 0 Å². The third kappa shape index (κ3) is 3.93. The van der Waals surface area contributed by atoms with Crippen LogP contribution in [0.4, 0.5) is 5.69 Å². The van der Waals surface area contributed by atoms with Crippen LogP contribution in [0, 0.1) is 20.8 Å². The number of aryl methyl sites for hydroxylation is 3. The summed E-state index contributed by atoms with van der Waals surface area (Å²) in [6, 6.07) is 5.80. The van der Waals surface area contributed by atoms with Gasteiger partial charge >= 0.3 is 0 Å². The highest BCUT2D eigenvalue weighted by molar-refractivity contribution is 7.09. The van der Waals surface area contributed by atoms with Gasteiger partial charge in [0.15, 0.2) is 0 Å². The maximum Gasteiger partial charge on any atom is 0.241 e. The molecule has 5 heteroatoms. The van der Waals surface area contributed by atoms with Gasteiger partial charge < -0.3 is 5.32 Å². The first-order chi connectivity index (χ1) is 10.4. The van der Waals surface area contributed by atoms with Crippen LogP contribution in [0.5, 0.6) is 0 Å². The number of carbonyl (C=O) groups excluding carboxylic acids is 1. The summed E-state index contributed by atoms with van der Waals surface area (Å²) in [5, 5.41) is 6.15. The Bertz CT molecular complexity index is 645. The van der Waals surface area contributed by atoms with E-state index in [1.54, 1.807) is 11.3 Å². The van der Waals surface area contributed by atoms with Crippen molar-refractivity contribution in [1.82, 2.24) is 9.88 Å². The number of benzene rings is 1. The third-order valence-electron chi connectivity index (χ3n) is 3.85. The second-order valence-electron chi connectivity index (χ2n) is 5.71. The average Bonchev–Trinajstić information content (AvgIpc) is 2.87. The molecule has 0 aliphatic rings. The Labute approximate surface area is 136 Å². The van der Waals surface area contributed by atoms with Gasteiger partial charge in [-0.1, -0.05) is 18.2 Å². The zero-order valence-electron chi connectivity index (χ0n) is 13.8. The van der Waals surface area contributed by atoms with Crippen molar-refractivity contribution in [2.24, 2.45) is 0 Å². The number of hydrogen-bond acceptors (Lipinski definition) is 4. The molecular formula is C17H23N3OS. The second kappa shape index (κ2) is 7.03. The zero-order valence-corrected chi connectivity index (χ0v) is 14.6. The molecule has 0 bridgehead atoms. The molecule has 1 amide bonds. The lowest BCUT2D eigenvalue weighted by Crippen LogP contribution is -2.39. The number of anilines is 1. The molecule has 0 radical (unpaired) electrons. The zero-order chi connectivity index (χ0) is 16.3. The van der Waals surface area contributed by atoms with Gasteiger partial charge in [0.25, 0.3) is 0 Å². The van der Waals surface area contributed by atoms with E-state index >= 15 is 0 Å². The first-order valence-corrected chi connectivity index (χ1v) is 8.24. The van der Waals surface area contributed by atoms with Crippen molar-refractivity contribution < 1.29 is 4.79 Å². The molecule has 1 aromatic heterocycles. The summed E-state index contributed by atoms with van der Waals surface area (Å²) in [6.07, 6.45) is 0. The Morgan fingerprint density at radius 2 is 1.95 bits per heavy atom. The van der Waals surface area contributed by atoms with Crippen LogP contribution >= 0.6 is 11.3 Å². The minimum atomic E-state index is -0.221. The Morgan fingerprint density at radius 1 is 1.32 bits per heavy atom. The Morgan fingerprint density at radius 3 is 2.50 bits per heavy atom. The minimum Gasteiger partial charge on any atom is -0.324 e. The standard InChI is InChI=1S/C17H23N3OS/c1-11-7-6-8-12(2)16(11)19-17(21)13(3)20(5)9-15-10-22-14(4)18-15/h6-8,10,13H,9H2,1-5H3,(H,19,21). The lowest BCUT2D eigenvalue weighted by atomic mass is 10.1. The summed E-state index contributed by atoms with van der Waals surface area (Å²) in [6.45, 7) is 8.60. The maximum atomic E-state index is 12.5. The summed E-state index contributed by atoms with van der Waals surface area (Å²) in [7, 11) is 1.95. The number of aromatic nitrogens is 1. The van der Waals surface area contributed by atoms with Crippen LogP contribution in [-0.4, -0.2) is 28.9 Å². The molecule has 1 heterocycles. The second-order valence-corrected chi connectivity index (χ2v) is 6.77. The molecule has 2 aromatic rings. The van der Waals surface area contributed by atoms with E-state index in [1.165, 1.54) is 0 Å². The van der Waals surface area contributed by atoms with Crippen molar-refractivity contribution in [3.8, 4) is 0 Å². The number of amides is 1. The number of hydrogen-bond donors (Lipinski definition) is 1. The van der Waals surface area contributed by atoms with E-state index in [9.17, 15) is 4.79 Å². The molecule has 1 atom stereocenters. The molecule has 0 spiro atoms. The number of rotatable bonds is 5. The molecule has 0 aliphatic carbocycles. The molecule has 0 aliphatic heterocycles. The van der Waals surface area contributed by atoms with Crippen LogP contribution in [0.2, 0.25) is 0 Å². The third-order valence-corrected chi connectivity index (χ3v) is 4.67. The Kier molecular flexibility index (Phi) is 5.32. The summed E-state index contributed by atoms with van der Waals surface area (Å²) >= 11 is 1.63. The highest BCUT2D eigenvalue weighted by atomic mass is 32.1. The lowest BCUT2D eigenvalue weighted by molar-refractivity contribution is -0.120. The molecule has 22 heavy (non-hydrogen) atoms. The van der Waals surface area contributed by atoms with Gasteiger partial charge in [0.2, 0.25) is 5.91 Å². The highest BCUT2D eigenvalue weighted by Crippen LogP contribution is 2.20. The van der Waals surface area contributed by atoms with Gasteiger partial charge in [0.1, 0.15) is 0 Å². The van der Waals surface area contributed by atoms with Gasteiger partial charge in [-0.25, -0.2) is 4.98 Å². The molecule has 1 aromatic carbocycles. The SMILES string of the molecule is Cc1nc(CN(C)C(C)C(=O)Nc2c(C)cccc2C)cs1. The van der Waals surface area contributed by atoms with Gasteiger partial charge in [-0.3, -0.25) is 9.69 Å². The predicted octanol–water partition coefficient (Wildman–Crippen LogP) is 3.53. The Hall–Kier alpha value is -1.72. The summed E-state index contributed by atoms with van der Waals surface area (Å²) in [5.74, 6) is 0.00634. The van der Waals surface area contributed by atoms with Gasteiger partial charge in [0, 0.05) is 17.6 Å². The number of thiazole rings is 1. The predicted molar refractivity (Wildman–Crippen MR) is 92.3 cm³/mol. The van der Waals surface area contributed by atoms with Gasteiger partial charge in [-0.2, -0.15) is 0 Å². The van der Waals surface area contributed by atoms with Crippen LogP contribution in [0.25, 0.3) is 0 Å². The van der Waals surface area contributed by atoms with Crippen LogP contribution < -0.4 is 5.32 Å². The van der Waals surface area contributed by atoms with E-state index in [4.69, 9.17) is 0 Å². The number of nitrogens with zero attached hydrogens (tertiary/aromatic N) is 2. The number of nitrogens with one attached hydrogen (secondary N) is 1. The molecule has 0 saturated carbocycles. The summed E-state index contributed by atoms with van der Waals surface area (Å²) in [4.78, 5) is 18.9. The Balaban J connectivity index is 2.02. The van der Waals surface area contributed by atoms with Crippen molar-refractivity contribution in [3.63, 3.8) is 0 Å².